The van der Waals surface area contributed by atoms with Crippen LogP contribution in [-0.2, 0) is 22.5 Å². The van der Waals surface area contributed by atoms with Gasteiger partial charge in [0.15, 0.2) is 5.82 Å². The first-order valence-electron chi connectivity index (χ1n) is 7.38. The molecule has 116 valence electrons. The molecular weight excluding hydrogens is 282 g/mol. The van der Waals surface area contributed by atoms with Crippen molar-refractivity contribution in [3.8, 4) is 17.1 Å². The Morgan fingerprint density at radius 1 is 1.23 bits per heavy atom. The number of hydrogen-bond acceptors (Lipinski definition) is 5. The zero-order chi connectivity index (χ0) is 15.5. The summed E-state index contributed by atoms with van der Waals surface area (Å²) in [4.78, 5) is 11.8. The summed E-state index contributed by atoms with van der Waals surface area (Å²) in [5.74, 6) is 2.26. The van der Waals surface area contributed by atoms with Gasteiger partial charge in [-0.3, -0.25) is 4.79 Å². The Morgan fingerprint density at radius 3 is 2.82 bits per heavy atom. The van der Waals surface area contributed by atoms with Crippen molar-refractivity contribution in [1.29, 1.82) is 0 Å². The maximum atomic E-state index is 11.8. The standard InChI is InChI=1S/C16H19N3O3/c1-21-13-6-4-3-5-12(13)15-18-17-14-8-7-11(16(20)22-2)9-10-19(14)15/h3-6,11H,7-10H2,1-2H3. The second-order valence-corrected chi connectivity index (χ2v) is 5.34. The van der Waals surface area contributed by atoms with Crippen molar-refractivity contribution in [2.75, 3.05) is 14.2 Å². The lowest BCUT2D eigenvalue weighted by Crippen LogP contribution is -2.16. The van der Waals surface area contributed by atoms with Crippen LogP contribution in [0.4, 0.5) is 0 Å². The van der Waals surface area contributed by atoms with Crippen LogP contribution in [0.3, 0.4) is 0 Å². The molecule has 0 fully saturated rings. The number of benzene rings is 1. The highest BCUT2D eigenvalue weighted by Crippen LogP contribution is 2.31. The maximum Gasteiger partial charge on any atom is 0.308 e. The van der Waals surface area contributed by atoms with Gasteiger partial charge in [0.25, 0.3) is 0 Å². The van der Waals surface area contributed by atoms with Gasteiger partial charge >= 0.3 is 5.97 Å². The fraction of sp³-hybridized carbons (Fsp3) is 0.438. The smallest absolute Gasteiger partial charge is 0.308 e. The number of carbonyl (C=O) groups excluding carboxylic acids is 1. The number of nitrogens with zero attached hydrogens (tertiary/aromatic N) is 3. The van der Waals surface area contributed by atoms with Gasteiger partial charge in [0.1, 0.15) is 11.6 Å². The van der Waals surface area contributed by atoms with Crippen molar-refractivity contribution in [2.24, 2.45) is 5.92 Å². The molecule has 1 unspecified atom stereocenters. The van der Waals surface area contributed by atoms with Crippen LogP contribution < -0.4 is 4.74 Å². The zero-order valence-corrected chi connectivity index (χ0v) is 12.8. The molecule has 0 N–H and O–H groups in total. The Hall–Kier alpha value is -2.37. The van der Waals surface area contributed by atoms with Crippen LogP contribution in [0.25, 0.3) is 11.4 Å². The third-order valence-electron chi connectivity index (χ3n) is 4.13. The van der Waals surface area contributed by atoms with E-state index in [1.54, 1.807) is 7.11 Å². The molecule has 0 spiro atoms. The molecule has 0 aliphatic carbocycles. The number of aromatic nitrogens is 3. The number of aryl methyl sites for hydroxylation is 1. The van der Waals surface area contributed by atoms with E-state index in [9.17, 15) is 4.79 Å². The molecule has 3 rings (SSSR count). The Kier molecular flexibility index (Phi) is 4.09. The van der Waals surface area contributed by atoms with Crippen molar-refractivity contribution in [3.63, 3.8) is 0 Å². The van der Waals surface area contributed by atoms with E-state index in [0.717, 1.165) is 42.2 Å². The lowest BCUT2D eigenvalue weighted by molar-refractivity contribution is -0.145. The number of ether oxygens (including phenoxy) is 2. The predicted octanol–water partition coefficient (Wildman–Crippen LogP) is 2.08. The van der Waals surface area contributed by atoms with Crippen LogP contribution in [0, 0.1) is 5.92 Å². The SMILES string of the molecule is COC(=O)C1CCc2nnc(-c3ccccc3OC)n2CC1. The van der Waals surface area contributed by atoms with Crippen LogP contribution >= 0.6 is 0 Å². The van der Waals surface area contributed by atoms with E-state index < -0.39 is 0 Å². The summed E-state index contributed by atoms with van der Waals surface area (Å²) >= 11 is 0. The largest absolute Gasteiger partial charge is 0.496 e. The number of para-hydroxylation sites is 1. The highest BCUT2D eigenvalue weighted by Gasteiger charge is 2.26. The van der Waals surface area contributed by atoms with E-state index in [2.05, 4.69) is 14.8 Å². The van der Waals surface area contributed by atoms with E-state index >= 15 is 0 Å². The van der Waals surface area contributed by atoms with Gasteiger partial charge in [-0.1, -0.05) is 12.1 Å². The summed E-state index contributed by atoms with van der Waals surface area (Å²) < 4.78 is 12.4. The third kappa shape index (κ3) is 2.56. The highest BCUT2D eigenvalue weighted by molar-refractivity contribution is 5.72. The van der Waals surface area contributed by atoms with Crippen LogP contribution in [0.2, 0.25) is 0 Å². The number of rotatable bonds is 3. The normalized spacial score (nSPS) is 17.5. The fourth-order valence-corrected chi connectivity index (χ4v) is 2.92. The van der Waals surface area contributed by atoms with E-state index in [4.69, 9.17) is 9.47 Å². The Morgan fingerprint density at radius 2 is 2.05 bits per heavy atom. The van der Waals surface area contributed by atoms with E-state index in [1.807, 2.05) is 24.3 Å². The van der Waals surface area contributed by atoms with Gasteiger partial charge in [-0.25, -0.2) is 0 Å². The monoisotopic (exact) mass is 301 g/mol. The van der Waals surface area contributed by atoms with Gasteiger partial charge in [0, 0.05) is 13.0 Å². The van der Waals surface area contributed by atoms with Crippen molar-refractivity contribution in [2.45, 2.75) is 25.8 Å². The number of hydrogen-bond donors (Lipinski definition) is 0. The summed E-state index contributed by atoms with van der Waals surface area (Å²) in [6.07, 6.45) is 2.21. The average Bonchev–Trinajstić information content (AvgIpc) is 2.85. The van der Waals surface area contributed by atoms with Crippen molar-refractivity contribution >= 4 is 5.97 Å². The molecule has 1 aliphatic rings. The molecule has 0 bridgehead atoms. The van der Waals surface area contributed by atoms with Crippen molar-refractivity contribution < 1.29 is 14.3 Å². The molecule has 0 saturated carbocycles. The molecular formula is C16H19N3O3. The van der Waals surface area contributed by atoms with E-state index in [-0.39, 0.29) is 11.9 Å². The van der Waals surface area contributed by atoms with Crippen LogP contribution in [0.1, 0.15) is 18.7 Å². The van der Waals surface area contributed by atoms with Crippen molar-refractivity contribution in [3.05, 3.63) is 30.1 Å². The number of methoxy groups -OCH3 is 2. The average molecular weight is 301 g/mol. The minimum Gasteiger partial charge on any atom is -0.496 e. The van der Waals surface area contributed by atoms with Crippen molar-refractivity contribution in [1.82, 2.24) is 14.8 Å². The first-order chi connectivity index (χ1) is 10.7. The zero-order valence-electron chi connectivity index (χ0n) is 12.8. The lowest BCUT2D eigenvalue weighted by Gasteiger charge is -2.12. The molecule has 1 aromatic carbocycles. The Balaban J connectivity index is 1.93. The van der Waals surface area contributed by atoms with Gasteiger partial charge < -0.3 is 14.0 Å². The quantitative estimate of drug-likeness (QED) is 0.812. The van der Waals surface area contributed by atoms with Gasteiger partial charge in [-0.05, 0) is 25.0 Å². The number of carbonyl (C=O) groups is 1. The van der Waals surface area contributed by atoms with Crippen LogP contribution in [0.15, 0.2) is 24.3 Å². The number of fused-ring (bicyclic) bond motifs is 1. The summed E-state index contributed by atoms with van der Waals surface area (Å²) in [7, 11) is 3.08. The van der Waals surface area contributed by atoms with Gasteiger partial charge in [-0.15, -0.1) is 10.2 Å². The summed E-state index contributed by atoms with van der Waals surface area (Å²) in [6.45, 7) is 0.704. The minimum absolute atomic E-state index is 0.0720. The minimum atomic E-state index is -0.141. The van der Waals surface area contributed by atoms with Gasteiger partial charge in [0.05, 0.1) is 25.7 Å². The second kappa shape index (κ2) is 6.17. The van der Waals surface area contributed by atoms with Gasteiger partial charge in [-0.2, -0.15) is 0 Å². The topological polar surface area (TPSA) is 66.2 Å². The molecule has 1 atom stereocenters. The molecule has 2 heterocycles. The molecule has 1 aliphatic heterocycles. The summed E-state index contributed by atoms with van der Waals surface area (Å²) in [6, 6.07) is 7.76. The Bertz CT molecular complexity index is 681. The molecule has 22 heavy (non-hydrogen) atoms. The Labute approximate surface area is 129 Å². The molecule has 6 nitrogen and oxygen atoms in total. The predicted molar refractivity (Wildman–Crippen MR) is 80.5 cm³/mol. The lowest BCUT2D eigenvalue weighted by atomic mass is 10.0. The molecule has 0 radical (unpaired) electrons. The second-order valence-electron chi connectivity index (χ2n) is 5.34. The number of esters is 1. The molecule has 0 amide bonds. The molecule has 6 heteroatoms. The highest BCUT2D eigenvalue weighted by atomic mass is 16.5. The van der Waals surface area contributed by atoms with E-state index in [1.165, 1.54) is 7.11 Å². The fourth-order valence-electron chi connectivity index (χ4n) is 2.92. The molecule has 1 aromatic heterocycles. The third-order valence-corrected chi connectivity index (χ3v) is 4.13. The maximum absolute atomic E-state index is 11.8. The molecule has 0 saturated heterocycles. The summed E-state index contributed by atoms with van der Waals surface area (Å²) in [5, 5.41) is 8.62. The van der Waals surface area contributed by atoms with Crippen LogP contribution in [0.5, 0.6) is 5.75 Å². The first kappa shape index (κ1) is 14.6. The van der Waals surface area contributed by atoms with Crippen LogP contribution in [-0.4, -0.2) is 35.0 Å². The summed E-state index contributed by atoms with van der Waals surface area (Å²) in [5.41, 5.74) is 0.917. The van der Waals surface area contributed by atoms with E-state index in [0.29, 0.717) is 6.54 Å². The first-order valence-corrected chi connectivity index (χ1v) is 7.38. The molecule has 2 aromatic rings. The van der Waals surface area contributed by atoms with Gasteiger partial charge in [0.2, 0.25) is 0 Å².